The van der Waals surface area contributed by atoms with Crippen LogP contribution in [0.4, 0.5) is 0 Å². The predicted octanol–water partition coefficient (Wildman–Crippen LogP) is 2.84. The first-order chi connectivity index (χ1) is 7.74. The van der Waals surface area contributed by atoms with E-state index in [0.29, 0.717) is 18.0 Å². The van der Waals surface area contributed by atoms with Crippen LogP contribution in [0.2, 0.25) is 0 Å². The Morgan fingerprint density at radius 3 is 2.69 bits per heavy atom. The molecule has 0 aliphatic heterocycles. The number of carbonyl (C=O) groups is 1. The fraction of sp³-hybridized carbons (Fsp3) is 0.308. The van der Waals surface area contributed by atoms with Gasteiger partial charge in [-0.3, -0.25) is 4.79 Å². The summed E-state index contributed by atoms with van der Waals surface area (Å²) >= 11 is 5.53. The van der Waals surface area contributed by atoms with E-state index in [-0.39, 0.29) is 5.91 Å². The van der Waals surface area contributed by atoms with Crippen molar-refractivity contribution in [2.45, 2.75) is 13.3 Å². The lowest BCUT2D eigenvalue weighted by Gasteiger charge is -2.03. The summed E-state index contributed by atoms with van der Waals surface area (Å²) in [6, 6.07) is 9.79. The lowest BCUT2D eigenvalue weighted by atomic mass is 10.1. The summed E-state index contributed by atoms with van der Waals surface area (Å²) in [4.78, 5) is 11.6. The normalized spacial score (nSPS) is 11.2. The van der Waals surface area contributed by atoms with Crippen LogP contribution in [0, 0.1) is 0 Å². The van der Waals surface area contributed by atoms with Crippen LogP contribution in [0.1, 0.15) is 18.9 Å². The highest BCUT2D eigenvalue weighted by Crippen LogP contribution is 2.05. The number of nitrogens with one attached hydrogen (secondary N) is 1. The molecule has 1 amide bonds. The minimum absolute atomic E-state index is 0.0334. The molecule has 0 aliphatic rings. The van der Waals surface area contributed by atoms with Gasteiger partial charge in [0.25, 0.3) is 0 Å². The number of alkyl halides is 1. The van der Waals surface area contributed by atoms with Gasteiger partial charge in [0.2, 0.25) is 5.91 Å². The van der Waals surface area contributed by atoms with Gasteiger partial charge in [0.15, 0.2) is 0 Å². The maximum absolute atomic E-state index is 11.6. The molecule has 0 bridgehead atoms. The molecule has 0 radical (unpaired) electrons. The van der Waals surface area contributed by atoms with Crippen molar-refractivity contribution in [2.24, 2.45) is 0 Å². The molecule has 1 aromatic rings. The van der Waals surface area contributed by atoms with Crippen LogP contribution in [-0.4, -0.2) is 18.3 Å². The highest BCUT2D eigenvalue weighted by molar-refractivity contribution is 6.17. The Kier molecular flexibility index (Phi) is 5.65. The van der Waals surface area contributed by atoms with Crippen LogP contribution < -0.4 is 5.32 Å². The maximum Gasteiger partial charge on any atom is 0.246 e. The van der Waals surface area contributed by atoms with Crippen molar-refractivity contribution in [3.8, 4) is 0 Å². The van der Waals surface area contributed by atoms with Crippen LogP contribution >= 0.6 is 11.6 Å². The topological polar surface area (TPSA) is 29.1 Å². The second-order valence-electron chi connectivity index (χ2n) is 3.54. The number of halogens is 1. The van der Waals surface area contributed by atoms with E-state index in [1.807, 2.05) is 43.3 Å². The van der Waals surface area contributed by atoms with Gasteiger partial charge in [-0.15, -0.1) is 11.6 Å². The quantitative estimate of drug-likeness (QED) is 0.476. The minimum atomic E-state index is -0.0334. The van der Waals surface area contributed by atoms with Crippen molar-refractivity contribution < 1.29 is 4.79 Å². The smallest absolute Gasteiger partial charge is 0.246 e. The van der Waals surface area contributed by atoms with Crippen molar-refractivity contribution in [1.82, 2.24) is 5.32 Å². The Bertz CT molecular complexity index is 359. The van der Waals surface area contributed by atoms with Crippen molar-refractivity contribution in [2.75, 3.05) is 12.4 Å². The Morgan fingerprint density at radius 1 is 1.38 bits per heavy atom. The van der Waals surface area contributed by atoms with Crippen LogP contribution in [0.3, 0.4) is 0 Å². The van der Waals surface area contributed by atoms with Gasteiger partial charge < -0.3 is 5.32 Å². The summed E-state index contributed by atoms with van der Waals surface area (Å²) in [5.41, 5.74) is 1.74. The van der Waals surface area contributed by atoms with Gasteiger partial charge in [0.1, 0.15) is 0 Å². The maximum atomic E-state index is 11.6. The van der Waals surface area contributed by atoms with Crippen LogP contribution in [0.5, 0.6) is 0 Å². The Hall–Kier alpha value is -1.28. The van der Waals surface area contributed by atoms with E-state index in [1.165, 1.54) is 0 Å². The lowest BCUT2D eigenvalue weighted by Crippen LogP contribution is -2.25. The molecule has 1 N–H and O–H groups in total. The van der Waals surface area contributed by atoms with Gasteiger partial charge in [-0.1, -0.05) is 30.3 Å². The summed E-state index contributed by atoms with van der Waals surface area (Å²) in [5, 5.41) is 2.81. The van der Waals surface area contributed by atoms with E-state index >= 15 is 0 Å². The monoisotopic (exact) mass is 237 g/mol. The number of rotatable bonds is 5. The largest absolute Gasteiger partial charge is 0.352 e. The summed E-state index contributed by atoms with van der Waals surface area (Å²) in [6.45, 7) is 2.44. The lowest BCUT2D eigenvalue weighted by molar-refractivity contribution is -0.117. The minimum Gasteiger partial charge on any atom is -0.352 e. The molecule has 0 atom stereocenters. The van der Waals surface area contributed by atoms with Gasteiger partial charge in [-0.05, 0) is 25.0 Å². The van der Waals surface area contributed by atoms with Crippen LogP contribution in [0.15, 0.2) is 35.9 Å². The molecule has 0 saturated carbocycles. The van der Waals surface area contributed by atoms with Crippen LogP contribution in [0.25, 0.3) is 6.08 Å². The van der Waals surface area contributed by atoms with E-state index in [2.05, 4.69) is 5.32 Å². The highest BCUT2D eigenvalue weighted by atomic mass is 35.5. The molecule has 1 rings (SSSR count). The van der Waals surface area contributed by atoms with E-state index in [1.54, 1.807) is 0 Å². The second kappa shape index (κ2) is 7.07. The molecule has 0 saturated heterocycles. The molecule has 3 heteroatoms. The molecule has 0 fully saturated rings. The number of hydrogen-bond donors (Lipinski definition) is 1. The van der Waals surface area contributed by atoms with E-state index in [0.717, 1.165) is 12.0 Å². The van der Waals surface area contributed by atoms with Crippen molar-refractivity contribution in [3.05, 3.63) is 41.5 Å². The Balaban J connectivity index is 2.53. The zero-order chi connectivity index (χ0) is 11.8. The third kappa shape index (κ3) is 4.49. The average molecular weight is 238 g/mol. The highest BCUT2D eigenvalue weighted by Gasteiger charge is 2.02. The van der Waals surface area contributed by atoms with E-state index < -0.39 is 0 Å². The average Bonchev–Trinajstić information content (AvgIpc) is 2.30. The molecule has 0 unspecified atom stereocenters. The molecular weight excluding hydrogens is 222 g/mol. The van der Waals surface area contributed by atoms with Gasteiger partial charge >= 0.3 is 0 Å². The third-order valence-electron chi connectivity index (χ3n) is 2.14. The first kappa shape index (κ1) is 12.8. The van der Waals surface area contributed by atoms with Gasteiger partial charge in [0, 0.05) is 18.0 Å². The summed E-state index contributed by atoms with van der Waals surface area (Å²) in [6.07, 6.45) is 2.67. The molecule has 0 aliphatic carbocycles. The summed E-state index contributed by atoms with van der Waals surface area (Å²) in [5.74, 6) is 0.538. The van der Waals surface area contributed by atoms with Crippen molar-refractivity contribution >= 4 is 23.6 Å². The zero-order valence-corrected chi connectivity index (χ0v) is 10.1. The van der Waals surface area contributed by atoms with Gasteiger partial charge in [0.05, 0.1) is 0 Å². The predicted molar refractivity (Wildman–Crippen MR) is 68.4 cm³/mol. The standard InChI is InChI=1S/C13H16ClNO/c1-11(13(16)15-9-5-8-14)10-12-6-3-2-4-7-12/h2-4,6-7,10H,5,8-9H2,1H3,(H,15,16). The van der Waals surface area contributed by atoms with Crippen molar-refractivity contribution in [3.63, 3.8) is 0 Å². The fourth-order valence-corrected chi connectivity index (χ4v) is 1.41. The molecule has 86 valence electrons. The molecule has 16 heavy (non-hydrogen) atoms. The molecule has 2 nitrogen and oxygen atoms in total. The van der Waals surface area contributed by atoms with Gasteiger partial charge in [-0.25, -0.2) is 0 Å². The SMILES string of the molecule is CC(=Cc1ccccc1)C(=O)NCCCCl. The second-order valence-corrected chi connectivity index (χ2v) is 3.91. The number of amides is 1. The third-order valence-corrected chi connectivity index (χ3v) is 2.40. The first-order valence-electron chi connectivity index (χ1n) is 5.31. The molecule has 1 aromatic carbocycles. The van der Waals surface area contributed by atoms with E-state index in [4.69, 9.17) is 11.6 Å². The Morgan fingerprint density at radius 2 is 2.06 bits per heavy atom. The zero-order valence-electron chi connectivity index (χ0n) is 9.37. The first-order valence-corrected chi connectivity index (χ1v) is 5.85. The molecule has 0 aromatic heterocycles. The Labute approximate surface area is 101 Å². The van der Waals surface area contributed by atoms with Gasteiger partial charge in [-0.2, -0.15) is 0 Å². The fourth-order valence-electron chi connectivity index (χ4n) is 1.27. The van der Waals surface area contributed by atoms with Crippen LogP contribution in [-0.2, 0) is 4.79 Å². The number of benzene rings is 1. The summed E-state index contributed by atoms with van der Waals surface area (Å²) < 4.78 is 0. The number of carbonyl (C=O) groups excluding carboxylic acids is 1. The number of hydrogen-bond acceptors (Lipinski definition) is 1. The van der Waals surface area contributed by atoms with E-state index in [9.17, 15) is 4.79 Å². The van der Waals surface area contributed by atoms with Crippen molar-refractivity contribution in [1.29, 1.82) is 0 Å². The molecule has 0 heterocycles. The summed E-state index contributed by atoms with van der Waals surface area (Å²) in [7, 11) is 0. The molecule has 0 spiro atoms. The molecular formula is C13H16ClNO.